The molecule has 2 aromatic heterocycles. The molecule has 0 aliphatic carbocycles. The van der Waals surface area contributed by atoms with Crippen LogP contribution in [0.3, 0.4) is 0 Å². The van der Waals surface area contributed by atoms with Crippen molar-refractivity contribution >= 4 is 50.1 Å². The summed E-state index contributed by atoms with van der Waals surface area (Å²) in [5, 5.41) is 14.8. The first-order valence-corrected chi connectivity index (χ1v) is 9.15. The minimum Gasteiger partial charge on any atom is -0.361 e. The maximum Gasteiger partial charge on any atom is 0.279 e. The molecule has 118 valence electrons. The number of aromatic nitrogens is 3. The third-order valence-corrected chi connectivity index (χ3v) is 5.33. The van der Waals surface area contributed by atoms with E-state index in [-0.39, 0.29) is 11.6 Å². The summed E-state index contributed by atoms with van der Waals surface area (Å²) in [6.45, 7) is 1.73. The topological polar surface area (TPSA) is 80.9 Å². The molecule has 0 atom stereocenters. The van der Waals surface area contributed by atoms with Gasteiger partial charge in [-0.05, 0) is 24.6 Å². The summed E-state index contributed by atoms with van der Waals surface area (Å²) in [6.07, 6.45) is 0. The van der Waals surface area contributed by atoms with Crippen LogP contribution in [0.5, 0.6) is 0 Å². The normalized spacial score (nSPS) is 10.7. The second-order valence-corrected chi connectivity index (χ2v) is 7.68. The van der Waals surface area contributed by atoms with Crippen LogP contribution in [-0.2, 0) is 5.75 Å². The lowest BCUT2D eigenvalue weighted by Crippen LogP contribution is -2.11. The number of halogens is 1. The number of hydrogen-bond donors (Lipinski definition) is 1. The first-order chi connectivity index (χ1) is 11.1. The molecule has 0 spiro atoms. The number of rotatable bonds is 5. The van der Waals surface area contributed by atoms with Crippen LogP contribution in [-0.4, -0.2) is 21.3 Å². The zero-order chi connectivity index (χ0) is 16.2. The Balaban J connectivity index is 1.57. The van der Waals surface area contributed by atoms with Crippen molar-refractivity contribution in [2.75, 3.05) is 5.32 Å². The fourth-order valence-electron chi connectivity index (χ4n) is 1.68. The predicted molar refractivity (Wildman–Crippen MR) is 92.8 cm³/mol. The van der Waals surface area contributed by atoms with Gasteiger partial charge in [0, 0.05) is 16.3 Å². The molecule has 1 N–H and O–H groups in total. The van der Waals surface area contributed by atoms with Crippen molar-refractivity contribution in [1.29, 1.82) is 0 Å². The number of nitrogens with zero attached hydrogens (tertiary/aromatic N) is 3. The van der Waals surface area contributed by atoms with Crippen molar-refractivity contribution in [2.24, 2.45) is 0 Å². The van der Waals surface area contributed by atoms with Gasteiger partial charge in [0.2, 0.25) is 5.13 Å². The number of nitrogens with one attached hydrogen (secondary N) is 1. The van der Waals surface area contributed by atoms with Gasteiger partial charge in [0.15, 0.2) is 10.0 Å². The van der Waals surface area contributed by atoms with Gasteiger partial charge in [0.1, 0.15) is 5.76 Å². The van der Waals surface area contributed by atoms with Crippen molar-refractivity contribution in [3.8, 4) is 0 Å². The molecule has 6 nitrogen and oxygen atoms in total. The molecule has 1 aromatic carbocycles. The lowest BCUT2D eigenvalue weighted by Gasteiger charge is -1.98. The molecule has 0 radical (unpaired) electrons. The van der Waals surface area contributed by atoms with Gasteiger partial charge in [0.25, 0.3) is 5.91 Å². The zero-order valence-corrected chi connectivity index (χ0v) is 15.2. The average molecular weight is 411 g/mol. The molecule has 9 heteroatoms. The quantitative estimate of drug-likeness (QED) is 0.502. The molecule has 0 saturated carbocycles. The van der Waals surface area contributed by atoms with Gasteiger partial charge in [-0.1, -0.05) is 56.3 Å². The summed E-state index contributed by atoms with van der Waals surface area (Å²) in [6, 6.07) is 9.67. The Kier molecular flexibility index (Phi) is 5.09. The lowest BCUT2D eigenvalue weighted by molar-refractivity contribution is 0.101. The number of carbonyl (C=O) groups excluding carboxylic acids is 1. The summed E-state index contributed by atoms with van der Waals surface area (Å²) in [4.78, 5) is 11.9. The third-order valence-electron chi connectivity index (χ3n) is 2.76. The molecule has 1 amide bonds. The fourth-order valence-corrected chi connectivity index (χ4v) is 3.65. The average Bonchev–Trinajstić information content (AvgIpc) is 3.16. The first-order valence-electron chi connectivity index (χ1n) is 6.55. The molecule has 0 aliphatic heterocycles. The highest BCUT2D eigenvalue weighted by molar-refractivity contribution is 9.10. The van der Waals surface area contributed by atoms with Gasteiger partial charge in [-0.3, -0.25) is 10.1 Å². The molecular weight excluding hydrogens is 400 g/mol. The van der Waals surface area contributed by atoms with Crippen molar-refractivity contribution in [3.63, 3.8) is 0 Å². The van der Waals surface area contributed by atoms with Crippen LogP contribution in [0.4, 0.5) is 5.13 Å². The van der Waals surface area contributed by atoms with Crippen LogP contribution in [0.2, 0.25) is 0 Å². The van der Waals surface area contributed by atoms with E-state index in [9.17, 15) is 4.79 Å². The summed E-state index contributed by atoms with van der Waals surface area (Å²) >= 11 is 6.31. The van der Waals surface area contributed by atoms with E-state index < -0.39 is 0 Å². The van der Waals surface area contributed by atoms with Crippen molar-refractivity contribution in [3.05, 3.63) is 51.8 Å². The second kappa shape index (κ2) is 7.24. The lowest BCUT2D eigenvalue weighted by atomic mass is 10.2. The summed E-state index contributed by atoms with van der Waals surface area (Å²) < 4.78 is 6.72. The van der Waals surface area contributed by atoms with Gasteiger partial charge in [0.05, 0.1) is 0 Å². The summed E-state index contributed by atoms with van der Waals surface area (Å²) in [5.74, 6) is 1.01. The Morgan fingerprint density at radius 3 is 2.83 bits per heavy atom. The molecular formula is C14H11BrN4O2S2. The van der Waals surface area contributed by atoms with Crippen molar-refractivity contribution in [2.45, 2.75) is 17.0 Å². The van der Waals surface area contributed by atoms with Crippen LogP contribution in [0.25, 0.3) is 0 Å². The van der Waals surface area contributed by atoms with Crippen LogP contribution in [0, 0.1) is 6.92 Å². The highest BCUT2D eigenvalue weighted by Gasteiger charge is 2.14. The summed E-state index contributed by atoms with van der Waals surface area (Å²) in [7, 11) is 0. The Hall–Kier alpha value is -1.71. The van der Waals surface area contributed by atoms with Gasteiger partial charge >= 0.3 is 0 Å². The fraction of sp³-hybridized carbons (Fsp3) is 0.143. The van der Waals surface area contributed by atoms with E-state index in [1.807, 2.05) is 24.3 Å². The smallest absolute Gasteiger partial charge is 0.279 e. The van der Waals surface area contributed by atoms with Gasteiger partial charge in [-0.2, -0.15) is 0 Å². The Morgan fingerprint density at radius 1 is 1.35 bits per heavy atom. The molecule has 0 unspecified atom stereocenters. The number of aryl methyl sites for hydroxylation is 1. The van der Waals surface area contributed by atoms with E-state index in [1.165, 1.54) is 16.9 Å². The molecule has 0 aliphatic rings. The van der Waals surface area contributed by atoms with E-state index in [0.717, 1.165) is 14.6 Å². The van der Waals surface area contributed by atoms with E-state index >= 15 is 0 Å². The standard InChI is InChI=1S/C14H11BrN4O2S2/c1-8-6-11(19-21-8)12(20)16-13-17-18-14(23-13)22-7-9-2-4-10(15)5-3-9/h2-6H,7H2,1H3,(H,16,17,20). The SMILES string of the molecule is Cc1cc(C(=O)Nc2nnc(SCc3ccc(Br)cc3)s2)no1. The second-order valence-electron chi connectivity index (χ2n) is 4.57. The van der Waals surface area contributed by atoms with Crippen LogP contribution in [0.1, 0.15) is 21.8 Å². The van der Waals surface area contributed by atoms with Crippen molar-refractivity contribution in [1.82, 2.24) is 15.4 Å². The Morgan fingerprint density at radius 2 is 2.13 bits per heavy atom. The van der Waals surface area contributed by atoms with E-state index in [2.05, 4.69) is 36.6 Å². The largest absolute Gasteiger partial charge is 0.361 e. The van der Waals surface area contributed by atoms with Gasteiger partial charge in [-0.15, -0.1) is 10.2 Å². The number of hydrogen-bond acceptors (Lipinski definition) is 7. The first kappa shape index (κ1) is 16.2. The van der Waals surface area contributed by atoms with Crippen LogP contribution >= 0.6 is 39.0 Å². The molecule has 3 aromatic rings. The molecule has 0 saturated heterocycles. The van der Waals surface area contributed by atoms with Gasteiger partial charge in [-0.25, -0.2) is 0 Å². The molecule has 3 rings (SSSR count). The maximum atomic E-state index is 11.9. The number of thioether (sulfide) groups is 1. The van der Waals surface area contributed by atoms with Gasteiger partial charge < -0.3 is 4.52 Å². The monoisotopic (exact) mass is 410 g/mol. The van der Waals surface area contributed by atoms with E-state index in [4.69, 9.17) is 4.52 Å². The summed E-state index contributed by atoms with van der Waals surface area (Å²) in [5.41, 5.74) is 1.42. The van der Waals surface area contributed by atoms with E-state index in [0.29, 0.717) is 10.9 Å². The molecule has 2 heterocycles. The van der Waals surface area contributed by atoms with Crippen LogP contribution in [0.15, 0.2) is 43.7 Å². The molecule has 23 heavy (non-hydrogen) atoms. The highest BCUT2D eigenvalue weighted by Crippen LogP contribution is 2.28. The van der Waals surface area contributed by atoms with E-state index in [1.54, 1.807) is 24.8 Å². The number of carbonyl (C=O) groups is 1. The molecule has 0 bridgehead atoms. The Labute approximate surface area is 148 Å². The maximum absolute atomic E-state index is 11.9. The predicted octanol–water partition coefficient (Wildman–Crippen LogP) is 4.14. The highest BCUT2D eigenvalue weighted by atomic mass is 79.9. The third kappa shape index (κ3) is 4.40. The molecule has 0 fully saturated rings. The Bertz CT molecular complexity index is 816. The minimum atomic E-state index is -0.359. The zero-order valence-electron chi connectivity index (χ0n) is 11.9. The number of anilines is 1. The van der Waals surface area contributed by atoms with Crippen LogP contribution < -0.4 is 5.32 Å². The minimum absolute atomic E-state index is 0.224. The van der Waals surface area contributed by atoms with Crippen molar-refractivity contribution < 1.29 is 9.32 Å². The number of benzene rings is 1. The number of amides is 1.